The number of anilines is 1. The predicted octanol–water partition coefficient (Wildman–Crippen LogP) is 2.01. The largest absolute Gasteiger partial charge is 0.343 e. The van der Waals surface area contributed by atoms with Crippen LogP contribution in [0.1, 0.15) is 48.5 Å². The lowest BCUT2D eigenvalue weighted by atomic mass is 9.96. The van der Waals surface area contributed by atoms with Crippen molar-refractivity contribution in [1.29, 1.82) is 0 Å². The van der Waals surface area contributed by atoms with Gasteiger partial charge in [-0.25, -0.2) is 12.7 Å². The van der Waals surface area contributed by atoms with E-state index >= 15 is 0 Å². The molecule has 3 rings (SSSR count). The van der Waals surface area contributed by atoms with Crippen LogP contribution >= 0.6 is 0 Å². The summed E-state index contributed by atoms with van der Waals surface area (Å²) >= 11 is 0. The van der Waals surface area contributed by atoms with Crippen molar-refractivity contribution in [2.45, 2.75) is 43.0 Å². The van der Waals surface area contributed by atoms with Crippen molar-refractivity contribution in [1.82, 2.24) is 19.4 Å². The first-order valence-electron chi connectivity index (χ1n) is 9.93. The minimum atomic E-state index is -3.65. The van der Waals surface area contributed by atoms with E-state index in [4.69, 9.17) is 0 Å². The Morgan fingerprint density at radius 3 is 2.60 bits per heavy atom. The van der Waals surface area contributed by atoms with Crippen molar-refractivity contribution in [2.75, 3.05) is 26.0 Å². The van der Waals surface area contributed by atoms with E-state index in [9.17, 15) is 18.0 Å². The van der Waals surface area contributed by atoms with Gasteiger partial charge in [-0.3, -0.25) is 14.3 Å². The lowest BCUT2D eigenvalue weighted by molar-refractivity contribution is -0.115. The van der Waals surface area contributed by atoms with Crippen LogP contribution in [-0.2, 0) is 14.8 Å². The molecule has 1 saturated carbocycles. The Bertz CT molecular complexity index is 1010. The van der Waals surface area contributed by atoms with Crippen LogP contribution in [0.5, 0.6) is 0 Å². The molecule has 1 fully saturated rings. The highest BCUT2D eigenvalue weighted by atomic mass is 32.2. The zero-order chi connectivity index (χ0) is 21.7. The number of carbonyl (C=O) groups excluding carboxylic acids is 2. The zero-order valence-electron chi connectivity index (χ0n) is 17.2. The minimum Gasteiger partial charge on any atom is -0.343 e. The summed E-state index contributed by atoms with van der Waals surface area (Å²) in [5.74, 6) is -0.498. The van der Waals surface area contributed by atoms with Crippen LogP contribution in [-0.4, -0.2) is 55.0 Å². The van der Waals surface area contributed by atoms with Crippen molar-refractivity contribution in [3.63, 3.8) is 0 Å². The number of carbonyl (C=O) groups is 2. The molecule has 10 heteroatoms. The fraction of sp³-hybridized carbons (Fsp3) is 0.450. The summed E-state index contributed by atoms with van der Waals surface area (Å²) in [7, 11) is -0.811. The molecule has 2 amide bonds. The van der Waals surface area contributed by atoms with E-state index < -0.39 is 21.8 Å². The fourth-order valence-corrected chi connectivity index (χ4v) is 4.36. The maximum absolute atomic E-state index is 12.3. The Labute approximate surface area is 176 Å². The normalized spacial score (nSPS) is 15.2. The van der Waals surface area contributed by atoms with Crippen LogP contribution in [0.4, 0.5) is 5.82 Å². The molecule has 0 unspecified atom stereocenters. The highest BCUT2D eigenvalue weighted by Gasteiger charge is 2.19. The lowest BCUT2D eigenvalue weighted by Gasteiger charge is -2.21. The molecule has 30 heavy (non-hydrogen) atoms. The van der Waals surface area contributed by atoms with E-state index in [0.717, 1.165) is 17.1 Å². The lowest BCUT2D eigenvalue weighted by Crippen LogP contribution is -2.33. The molecule has 0 spiro atoms. The molecular weight excluding hydrogens is 406 g/mol. The Morgan fingerprint density at radius 1 is 1.17 bits per heavy atom. The van der Waals surface area contributed by atoms with E-state index in [1.54, 1.807) is 6.07 Å². The van der Waals surface area contributed by atoms with Gasteiger partial charge in [0.15, 0.2) is 5.82 Å². The Hall–Kier alpha value is -2.72. The third kappa shape index (κ3) is 5.25. The number of nitrogens with zero attached hydrogens (tertiary/aromatic N) is 3. The van der Waals surface area contributed by atoms with Gasteiger partial charge in [0, 0.05) is 31.9 Å². The summed E-state index contributed by atoms with van der Waals surface area (Å²) in [6, 6.07) is 7.80. The van der Waals surface area contributed by atoms with Gasteiger partial charge in [0.2, 0.25) is 15.9 Å². The molecule has 0 aliphatic heterocycles. The zero-order valence-corrected chi connectivity index (χ0v) is 18.0. The SMILES string of the molecule is CN(C)S(=O)(=O)c1cccc(C(=O)NCC(=O)Nc2ccn(C3CCCCC3)n2)c1. The molecule has 1 aliphatic rings. The molecule has 0 atom stereocenters. The summed E-state index contributed by atoms with van der Waals surface area (Å²) in [6.07, 6.45) is 7.68. The number of benzene rings is 1. The molecule has 162 valence electrons. The van der Waals surface area contributed by atoms with Gasteiger partial charge < -0.3 is 10.6 Å². The average molecular weight is 434 g/mol. The fourth-order valence-electron chi connectivity index (χ4n) is 3.41. The van der Waals surface area contributed by atoms with Gasteiger partial charge in [0.25, 0.3) is 5.91 Å². The standard InChI is InChI=1S/C20H27N5O4S/c1-24(2)30(28,29)17-10-6-7-15(13-17)20(27)21-14-19(26)22-18-11-12-25(23-18)16-8-4-3-5-9-16/h6-7,10-13,16H,3-5,8-9,14H2,1-2H3,(H,21,27)(H,22,23,26). The Balaban J connectivity index is 1.55. The van der Waals surface area contributed by atoms with Gasteiger partial charge in [-0.05, 0) is 31.0 Å². The van der Waals surface area contributed by atoms with Crippen molar-refractivity contribution >= 4 is 27.7 Å². The van der Waals surface area contributed by atoms with Crippen LogP contribution in [0.25, 0.3) is 0 Å². The van der Waals surface area contributed by atoms with E-state index in [0.29, 0.717) is 11.9 Å². The van der Waals surface area contributed by atoms with Crippen molar-refractivity contribution in [3.8, 4) is 0 Å². The van der Waals surface area contributed by atoms with Crippen LogP contribution < -0.4 is 10.6 Å². The van der Waals surface area contributed by atoms with E-state index in [1.807, 2.05) is 10.9 Å². The monoisotopic (exact) mass is 433 g/mol. The molecule has 9 nitrogen and oxygen atoms in total. The van der Waals surface area contributed by atoms with Gasteiger partial charge in [-0.1, -0.05) is 25.3 Å². The number of amides is 2. The number of rotatable bonds is 7. The molecule has 1 aliphatic carbocycles. The second-order valence-corrected chi connectivity index (χ2v) is 9.67. The maximum atomic E-state index is 12.3. The molecule has 1 aromatic heterocycles. The highest BCUT2D eigenvalue weighted by Crippen LogP contribution is 2.27. The number of hydrogen-bond donors (Lipinski definition) is 2. The third-order valence-corrected chi connectivity index (χ3v) is 6.92. The van der Waals surface area contributed by atoms with Gasteiger partial charge in [0.05, 0.1) is 17.5 Å². The predicted molar refractivity (Wildman–Crippen MR) is 113 cm³/mol. The average Bonchev–Trinajstić information content (AvgIpc) is 3.21. The Morgan fingerprint density at radius 2 is 1.90 bits per heavy atom. The van der Waals surface area contributed by atoms with Crippen molar-refractivity contribution in [3.05, 3.63) is 42.1 Å². The first-order chi connectivity index (χ1) is 14.3. The topological polar surface area (TPSA) is 113 Å². The second-order valence-electron chi connectivity index (χ2n) is 7.52. The highest BCUT2D eigenvalue weighted by molar-refractivity contribution is 7.89. The molecule has 0 saturated heterocycles. The first kappa shape index (κ1) is 22.0. The maximum Gasteiger partial charge on any atom is 0.251 e. The summed E-state index contributed by atoms with van der Waals surface area (Å²) in [5, 5.41) is 9.59. The number of sulfonamides is 1. The molecular formula is C20H27N5O4S. The van der Waals surface area contributed by atoms with E-state index in [2.05, 4.69) is 15.7 Å². The second kappa shape index (κ2) is 9.40. The van der Waals surface area contributed by atoms with Crippen LogP contribution in [0.2, 0.25) is 0 Å². The number of hydrogen-bond acceptors (Lipinski definition) is 5. The first-order valence-corrected chi connectivity index (χ1v) is 11.4. The molecule has 1 heterocycles. The van der Waals surface area contributed by atoms with Crippen molar-refractivity contribution in [2.24, 2.45) is 0 Å². The minimum absolute atomic E-state index is 0.0119. The van der Waals surface area contributed by atoms with Gasteiger partial charge in [-0.2, -0.15) is 5.10 Å². The Kier molecular flexibility index (Phi) is 6.88. The van der Waals surface area contributed by atoms with Gasteiger partial charge in [0.1, 0.15) is 0 Å². The number of aromatic nitrogens is 2. The summed E-state index contributed by atoms with van der Waals surface area (Å²) < 4.78 is 27.4. The summed E-state index contributed by atoms with van der Waals surface area (Å²) in [6.45, 7) is -0.250. The molecule has 0 radical (unpaired) electrons. The molecule has 2 aromatic rings. The third-order valence-electron chi connectivity index (χ3n) is 5.11. The van der Waals surface area contributed by atoms with Crippen molar-refractivity contribution < 1.29 is 18.0 Å². The molecule has 0 bridgehead atoms. The summed E-state index contributed by atoms with van der Waals surface area (Å²) in [5.41, 5.74) is 0.160. The van der Waals surface area contributed by atoms with Crippen LogP contribution in [0.15, 0.2) is 41.4 Å². The van der Waals surface area contributed by atoms with Gasteiger partial charge in [-0.15, -0.1) is 0 Å². The molecule has 2 N–H and O–H groups in total. The van der Waals surface area contributed by atoms with Crippen LogP contribution in [0, 0.1) is 0 Å². The van der Waals surface area contributed by atoms with E-state index in [1.165, 1.54) is 57.6 Å². The quantitative estimate of drug-likeness (QED) is 0.693. The van der Waals surface area contributed by atoms with E-state index in [-0.39, 0.29) is 17.0 Å². The smallest absolute Gasteiger partial charge is 0.251 e. The van der Waals surface area contributed by atoms with Crippen LogP contribution in [0.3, 0.4) is 0 Å². The molecule has 1 aromatic carbocycles. The van der Waals surface area contributed by atoms with Gasteiger partial charge >= 0.3 is 0 Å². The summed E-state index contributed by atoms with van der Waals surface area (Å²) in [4.78, 5) is 24.5. The number of nitrogens with one attached hydrogen (secondary N) is 2.